The third-order valence-electron chi connectivity index (χ3n) is 2.86. The molecule has 0 radical (unpaired) electrons. The number of imidazole rings is 1. The van der Waals surface area contributed by atoms with Crippen LogP contribution in [0, 0.1) is 0 Å². The Bertz CT molecular complexity index is 784. The van der Waals surface area contributed by atoms with Crippen molar-refractivity contribution in [3.63, 3.8) is 0 Å². The summed E-state index contributed by atoms with van der Waals surface area (Å²) in [6.07, 6.45) is -3.01. The molecule has 5 nitrogen and oxygen atoms in total. The second kappa shape index (κ2) is 3.99. The number of nitrogens with two attached hydrogens (primary N) is 1. The van der Waals surface area contributed by atoms with Crippen LogP contribution in [0.4, 0.5) is 18.9 Å². The van der Waals surface area contributed by atoms with Crippen LogP contribution in [0.5, 0.6) is 0 Å². The molecule has 0 amide bonds. The first kappa shape index (κ1) is 12.5. The molecule has 0 aliphatic carbocycles. The summed E-state index contributed by atoms with van der Waals surface area (Å²) in [5, 5.41) is 4.01. The zero-order chi connectivity index (χ0) is 14.5. The quantitative estimate of drug-likeness (QED) is 0.696. The molecular weight excluding hydrogens is 271 g/mol. The van der Waals surface area contributed by atoms with Gasteiger partial charge in [0.15, 0.2) is 5.82 Å². The minimum Gasteiger partial charge on any atom is -0.399 e. The highest BCUT2D eigenvalue weighted by molar-refractivity contribution is 5.81. The van der Waals surface area contributed by atoms with Gasteiger partial charge in [-0.15, -0.1) is 0 Å². The van der Waals surface area contributed by atoms with Gasteiger partial charge in [0.1, 0.15) is 0 Å². The van der Waals surface area contributed by atoms with E-state index in [4.69, 9.17) is 5.73 Å². The van der Waals surface area contributed by atoms with E-state index in [0.29, 0.717) is 11.2 Å². The number of aromatic nitrogens is 4. The molecule has 2 N–H and O–H groups in total. The monoisotopic (exact) mass is 281 g/mol. The van der Waals surface area contributed by atoms with Crippen molar-refractivity contribution in [2.45, 2.75) is 6.18 Å². The number of anilines is 1. The number of rotatable bonds is 1. The Labute approximate surface area is 111 Å². The Morgan fingerprint density at radius 1 is 1.20 bits per heavy atom. The molecule has 20 heavy (non-hydrogen) atoms. The van der Waals surface area contributed by atoms with Gasteiger partial charge in [0.05, 0.1) is 11.0 Å². The molecule has 0 fully saturated rings. The second-order valence-corrected chi connectivity index (χ2v) is 4.36. The Kier molecular flexibility index (Phi) is 2.50. The number of alkyl halides is 3. The van der Waals surface area contributed by atoms with E-state index in [9.17, 15) is 13.2 Å². The van der Waals surface area contributed by atoms with Crippen LogP contribution in [0.15, 0.2) is 30.5 Å². The predicted molar refractivity (Wildman–Crippen MR) is 67.3 cm³/mol. The van der Waals surface area contributed by atoms with Gasteiger partial charge in [0, 0.05) is 25.0 Å². The molecule has 0 aliphatic rings. The smallest absolute Gasteiger partial charge is 0.399 e. The van der Waals surface area contributed by atoms with Crippen LogP contribution >= 0.6 is 0 Å². The van der Waals surface area contributed by atoms with Crippen LogP contribution in [-0.4, -0.2) is 19.3 Å². The van der Waals surface area contributed by atoms with Crippen molar-refractivity contribution >= 4 is 16.7 Å². The van der Waals surface area contributed by atoms with Crippen molar-refractivity contribution in [3.05, 3.63) is 36.3 Å². The van der Waals surface area contributed by atoms with E-state index in [1.54, 1.807) is 13.2 Å². The number of fused-ring (bicyclic) bond motifs is 1. The van der Waals surface area contributed by atoms with Crippen LogP contribution in [0.2, 0.25) is 0 Å². The van der Waals surface area contributed by atoms with Crippen molar-refractivity contribution in [1.82, 2.24) is 19.3 Å². The van der Waals surface area contributed by atoms with E-state index < -0.39 is 12.0 Å². The Balaban J connectivity index is 2.37. The number of benzene rings is 1. The van der Waals surface area contributed by atoms with Gasteiger partial charge in [-0.2, -0.15) is 18.3 Å². The third kappa shape index (κ3) is 1.89. The van der Waals surface area contributed by atoms with Crippen molar-refractivity contribution < 1.29 is 13.2 Å². The van der Waals surface area contributed by atoms with Gasteiger partial charge in [-0.3, -0.25) is 9.25 Å². The van der Waals surface area contributed by atoms with Gasteiger partial charge in [-0.25, -0.2) is 4.98 Å². The standard InChI is InChI=1S/C12H10F3N5/c1-19-5-4-10(18-19)20-9-3-2-7(16)6-8(9)17-11(20)12(13,14)15/h2-6H,16H2,1H3. The molecule has 2 aromatic heterocycles. The SMILES string of the molecule is Cn1ccc(-n2c(C(F)(F)F)nc3cc(N)ccc32)n1. The molecule has 0 saturated heterocycles. The molecule has 8 heteroatoms. The zero-order valence-corrected chi connectivity index (χ0v) is 10.4. The van der Waals surface area contributed by atoms with E-state index in [-0.39, 0.29) is 11.3 Å². The fourth-order valence-corrected chi connectivity index (χ4v) is 2.04. The number of hydrogen-bond acceptors (Lipinski definition) is 3. The van der Waals surface area contributed by atoms with Crippen LogP contribution in [-0.2, 0) is 13.2 Å². The number of nitrogen functional groups attached to an aromatic ring is 1. The first-order chi connectivity index (χ1) is 9.36. The number of aryl methyl sites for hydroxylation is 1. The lowest BCUT2D eigenvalue weighted by Crippen LogP contribution is -2.14. The highest BCUT2D eigenvalue weighted by atomic mass is 19.4. The van der Waals surface area contributed by atoms with Crippen molar-refractivity contribution in [2.24, 2.45) is 7.05 Å². The maximum atomic E-state index is 13.1. The van der Waals surface area contributed by atoms with Gasteiger partial charge in [0.25, 0.3) is 0 Å². The molecule has 0 atom stereocenters. The summed E-state index contributed by atoms with van der Waals surface area (Å²) < 4.78 is 41.8. The first-order valence-corrected chi connectivity index (χ1v) is 5.71. The van der Waals surface area contributed by atoms with Gasteiger partial charge in [0.2, 0.25) is 5.82 Å². The van der Waals surface area contributed by atoms with E-state index in [0.717, 1.165) is 4.57 Å². The Morgan fingerprint density at radius 2 is 1.95 bits per heavy atom. The van der Waals surface area contributed by atoms with Crippen molar-refractivity contribution in [1.29, 1.82) is 0 Å². The van der Waals surface area contributed by atoms with Crippen LogP contribution in [0.3, 0.4) is 0 Å². The van der Waals surface area contributed by atoms with E-state index >= 15 is 0 Å². The van der Waals surface area contributed by atoms with E-state index in [1.807, 2.05) is 0 Å². The molecule has 2 heterocycles. The second-order valence-electron chi connectivity index (χ2n) is 4.36. The van der Waals surface area contributed by atoms with Gasteiger partial charge in [-0.05, 0) is 18.2 Å². The number of halogens is 3. The molecule has 1 aromatic carbocycles. The maximum absolute atomic E-state index is 13.1. The number of hydrogen-bond donors (Lipinski definition) is 1. The molecule has 0 bridgehead atoms. The topological polar surface area (TPSA) is 61.7 Å². The minimum atomic E-state index is -4.58. The average Bonchev–Trinajstić information content (AvgIpc) is 2.91. The lowest BCUT2D eigenvalue weighted by Gasteiger charge is -2.08. The predicted octanol–water partition coefficient (Wildman–Crippen LogP) is 2.36. The largest absolute Gasteiger partial charge is 0.450 e. The average molecular weight is 281 g/mol. The van der Waals surface area contributed by atoms with E-state index in [2.05, 4.69) is 10.1 Å². The normalized spacial score (nSPS) is 12.2. The first-order valence-electron chi connectivity index (χ1n) is 5.71. The molecule has 0 saturated carbocycles. The molecular formula is C12H10F3N5. The van der Waals surface area contributed by atoms with Crippen LogP contribution < -0.4 is 5.73 Å². The van der Waals surface area contributed by atoms with Crippen LogP contribution in [0.25, 0.3) is 16.9 Å². The van der Waals surface area contributed by atoms with Gasteiger partial charge in [-0.1, -0.05) is 0 Å². The molecule has 3 rings (SSSR count). The summed E-state index contributed by atoms with van der Waals surface area (Å²) >= 11 is 0. The van der Waals surface area contributed by atoms with Crippen molar-refractivity contribution in [2.75, 3.05) is 5.73 Å². The minimum absolute atomic E-state index is 0.159. The van der Waals surface area contributed by atoms with Crippen molar-refractivity contribution in [3.8, 4) is 5.82 Å². The summed E-state index contributed by atoms with van der Waals surface area (Å²) in [5.41, 5.74) is 6.44. The number of nitrogens with zero attached hydrogens (tertiary/aromatic N) is 4. The molecule has 0 unspecified atom stereocenters. The summed E-state index contributed by atoms with van der Waals surface area (Å²) in [6.45, 7) is 0. The third-order valence-corrected chi connectivity index (χ3v) is 2.86. The van der Waals surface area contributed by atoms with Crippen LogP contribution in [0.1, 0.15) is 5.82 Å². The van der Waals surface area contributed by atoms with Gasteiger partial charge < -0.3 is 5.73 Å². The fourth-order valence-electron chi connectivity index (χ4n) is 2.04. The summed E-state index contributed by atoms with van der Waals surface area (Å²) in [5.74, 6) is -0.858. The summed E-state index contributed by atoms with van der Waals surface area (Å²) in [7, 11) is 1.63. The Hall–Kier alpha value is -2.51. The summed E-state index contributed by atoms with van der Waals surface area (Å²) in [6, 6.07) is 5.93. The summed E-state index contributed by atoms with van der Waals surface area (Å²) in [4.78, 5) is 3.64. The molecule has 0 aliphatic heterocycles. The highest BCUT2D eigenvalue weighted by Crippen LogP contribution is 2.33. The fraction of sp³-hybridized carbons (Fsp3) is 0.167. The maximum Gasteiger partial charge on any atom is 0.450 e. The molecule has 0 spiro atoms. The van der Waals surface area contributed by atoms with E-state index in [1.165, 1.54) is 28.9 Å². The lowest BCUT2D eigenvalue weighted by atomic mass is 10.3. The molecule has 104 valence electrons. The van der Waals surface area contributed by atoms with Gasteiger partial charge >= 0.3 is 6.18 Å². The zero-order valence-electron chi connectivity index (χ0n) is 10.4. The molecule has 3 aromatic rings. The lowest BCUT2D eigenvalue weighted by molar-refractivity contribution is -0.145. The Morgan fingerprint density at radius 3 is 2.55 bits per heavy atom. The highest BCUT2D eigenvalue weighted by Gasteiger charge is 2.38.